The van der Waals surface area contributed by atoms with E-state index in [0.29, 0.717) is 52.3 Å². The fraction of sp³-hybridized carbons (Fsp3) is 0.800. The molecule has 0 heterocycles. The normalized spacial score (nSPS) is 11.3. The Labute approximate surface area is 126 Å². The molecule has 0 aromatic rings. The molecule has 0 saturated carbocycles. The molecular formula is C15H23N3O3. The van der Waals surface area contributed by atoms with Crippen molar-refractivity contribution in [3.05, 3.63) is 0 Å². The van der Waals surface area contributed by atoms with Crippen LogP contribution in [0.15, 0.2) is 0 Å². The number of hydrogen-bond acceptors (Lipinski definition) is 6. The maximum Gasteiger partial charge on any atom is 0.0809 e. The molecule has 1 unspecified atom stereocenters. The van der Waals surface area contributed by atoms with Crippen molar-refractivity contribution in [2.45, 2.75) is 44.6 Å². The first-order chi connectivity index (χ1) is 10.3. The molecule has 21 heavy (non-hydrogen) atoms. The van der Waals surface area contributed by atoms with Crippen molar-refractivity contribution >= 4 is 0 Å². The average Bonchev–Trinajstić information content (AvgIpc) is 2.50. The minimum atomic E-state index is -0.0452. The molecule has 0 amide bonds. The van der Waals surface area contributed by atoms with E-state index in [-0.39, 0.29) is 6.10 Å². The van der Waals surface area contributed by atoms with Gasteiger partial charge in [0.05, 0.1) is 70.0 Å². The number of ether oxygens (including phenoxy) is 3. The third kappa shape index (κ3) is 14.6. The van der Waals surface area contributed by atoms with Gasteiger partial charge in [-0.3, -0.25) is 0 Å². The summed E-state index contributed by atoms with van der Waals surface area (Å²) in [6.07, 6.45) is 3.79. The van der Waals surface area contributed by atoms with E-state index >= 15 is 0 Å². The van der Waals surface area contributed by atoms with E-state index in [1.165, 1.54) is 0 Å². The summed E-state index contributed by atoms with van der Waals surface area (Å²) in [5.74, 6) is 0. The number of nitriles is 3. The summed E-state index contributed by atoms with van der Waals surface area (Å²) in [5.41, 5.74) is 0. The van der Waals surface area contributed by atoms with E-state index in [9.17, 15) is 0 Å². The first kappa shape index (κ1) is 19.4. The quantitative estimate of drug-likeness (QED) is 0.456. The first-order valence-electron chi connectivity index (χ1n) is 7.23. The summed E-state index contributed by atoms with van der Waals surface area (Å²) in [6.45, 7) is 2.38. The Balaban J connectivity index is 3.69. The number of nitrogens with zero attached hydrogens (tertiary/aromatic N) is 3. The summed E-state index contributed by atoms with van der Waals surface area (Å²) in [6, 6.07) is 6.09. The van der Waals surface area contributed by atoms with Gasteiger partial charge in [-0.05, 0) is 19.3 Å². The first-order valence-corrected chi connectivity index (χ1v) is 7.23. The Kier molecular flexibility index (Phi) is 15.1. The van der Waals surface area contributed by atoms with Crippen LogP contribution in [0.3, 0.4) is 0 Å². The summed E-state index contributed by atoms with van der Waals surface area (Å²) >= 11 is 0. The molecule has 0 N–H and O–H groups in total. The van der Waals surface area contributed by atoms with E-state index < -0.39 is 0 Å². The molecule has 0 aliphatic rings. The second kappa shape index (κ2) is 16.4. The fourth-order valence-corrected chi connectivity index (χ4v) is 1.61. The molecule has 116 valence electrons. The van der Waals surface area contributed by atoms with Gasteiger partial charge in [-0.1, -0.05) is 0 Å². The van der Waals surface area contributed by atoms with Crippen LogP contribution in [-0.4, -0.2) is 39.1 Å². The third-order valence-corrected chi connectivity index (χ3v) is 2.65. The van der Waals surface area contributed by atoms with E-state index in [0.717, 1.165) is 19.3 Å². The highest BCUT2D eigenvalue weighted by molar-refractivity contribution is 4.70. The van der Waals surface area contributed by atoms with E-state index in [4.69, 9.17) is 30.0 Å². The van der Waals surface area contributed by atoms with Gasteiger partial charge in [0.15, 0.2) is 0 Å². The molecule has 0 rings (SSSR count). The lowest BCUT2D eigenvalue weighted by Gasteiger charge is -2.17. The Hall–Kier alpha value is -1.65. The molecule has 0 bridgehead atoms. The van der Waals surface area contributed by atoms with Crippen LogP contribution < -0.4 is 0 Å². The van der Waals surface area contributed by atoms with Crippen molar-refractivity contribution in [3.63, 3.8) is 0 Å². The van der Waals surface area contributed by atoms with Gasteiger partial charge in [-0.2, -0.15) is 15.8 Å². The van der Waals surface area contributed by atoms with Crippen molar-refractivity contribution in [2.24, 2.45) is 0 Å². The van der Waals surface area contributed by atoms with Gasteiger partial charge < -0.3 is 14.2 Å². The van der Waals surface area contributed by atoms with Crippen LogP contribution in [0.25, 0.3) is 0 Å². The van der Waals surface area contributed by atoms with Crippen molar-refractivity contribution < 1.29 is 14.2 Å². The van der Waals surface area contributed by atoms with E-state index in [2.05, 4.69) is 0 Å². The number of rotatable bonds is 14. The Morgan fingerprint density at radius 1 is 0.714 bits per heavy atom. The van der Waals surface area contributed by atoms with Crippen molar-refractivity contribution in [1.82, 2.24) is 0 Å². The third-order valence-electron chi connectivity index (χ3n) is 2.65. The lowest BCUT2D eigenvalue weighted by Crippen LogP contribution is -2.21. The minimum Gasteiger partial charge on any atom is -0.380 e. The minimum absolute atomic E-state index is 0.0452. The molecule has 0 radical (unpaired) electrons. The second-order valence-electron chi connectivity index (χ2n) is 4.40. The predicted octanol–water partition coefficient (Wildman–Crippen LogP) is 2.32. The zero-order chi connectivity index (χ0) is 15.6. The molecule has 0 aliphatic heterocycles. The fourth-order valence-electron chi connectivity index (χ4n) is 1.61. The number of unbranched alkanes of at least 4 members (excludes halogenated alkanes) is 1. The maximum absolute atomic E-state index is 8.51. The topological polar surface area (TPSA) is 99.1 Å². The Morgan fingerprint density at radius 3 is 2.00 bits per heavy atom. The molecule has 1 atom stereocenters. The monoisotopic (exact) mass is 293 g/mol. The van der Waals surface area contributed by atoms with Crippen LogP contribution >= 0.6 is 0 Å². The lowest BCUT2D eigenvalue weighted by molar-refractivity contribution is -0.0191. The highest BCUT2D eigenvalue weighted by atomic mass is 16.5. The van der Waals surface area contributed by atoms with Gasteiger partial charge in [0.25, 0.3) is 0 Å². The molecular weight excluding hydrogens is 270 g/mol. The Morgan fingerprint density at radius 2 is 1.33 bits per heavy atom. The molecule has 0 saturated heterocycles. The van der Waals surface area contributed by atoms with Gasteiger partial charge in [-0.25, -0.2) is 0 Å². The average molecular weight is 293 g/mol. The van der Waals surface area contributed by atoms with Crippen LogP contribution in [-0.2, 0) is 14.2 Å². The smallest absolute Gasteiger partial charge is 0.0809 e. The van der Waals surface area contributed by atoms with Crippen LogP contribution in [0.2, 0.25) is 0 Å². The van der Waals surface area contributed by atoms with Crippen molar-refractivity contribution in [3.8, 4) is 18.2 Å². The molecule has 0 aliphatic carbocycles. The SMILES string of the molecule is N#CCCOCCCCC(COCCC#N)OCCC#N. The Bertz CT molecular complexity index is 355. The molecule has 0 aromatic carbocycles. The molecule has 0 fully saturated rings. The molecule has 0 aromatic heterocycles. The number of hydrogen-bond donors (Lipinski definition) is 0. The molecule has 0 spiro atoms. The van der Waals surface area contributed by atoms with Crippen LogP contribution in [0, 0.1) is 34.0 Å². The lowest BCUT2D eigenvalue weighted by atomic mass is 10.1. The summed E-state index contributed by atoms with van der Waals surface area (Å²) < 4.78 is 16.3. The summed E-state index contributed by atoms with van der Waals surface area (Å²) in [7, 11) is 0. The van der Waals surface area contributed by atoms with Gasteiger partial charge in [-0.15, -0.1) is 0 Å². The van der Waals surface area contributed by atoms with E-state index in [1.54, 1.807) is 0 Å². The van der Waals surface area contributed by atoms with Gasteiger partial charge >= 0.3 is 0 Å². The highest BCUT2D eigenvalue weighted by Crippen LogP contribution is 2.07. The zero-order valence-corrected chi connectivity index (χ0v) is 12.4. The highest BCUT2D eigenvalue weighted by Gasteiger charge is 2.09. The van der Waals surface area contributed by atoms with Gasteiger partial charge in [0, 0.05) is 6.61 Å². The van der Waals surface area contributed by atoms with Crippen LogP contribution in [0.1, 0.15) is 38.5 Å². The van der Waals surface area contributed by atoms with Gasteiger partial charge in [0.2, 0.25) is 0 Å². The summed E-state index contributed by atoms with van der Waals surface area (Å²) in [5, 5.41) is 25.3. The van der Waals surface area contributed by atoms with Gasteiger partial charge in [0.1, 0.15) is 0 Å². The largest absolute Gasteiger partial charge is 0.380 e. The molecule has 6 heteroatoms. The van der Waals surface area contributed by atoms with Crippen molar-refractivity contribution in [1.29, 1.82) is 15.8 Å². The molecule has 6 nitrogen and oxygen atoms in total. The zero-order valence-electron chi connectivity index (χ0n) is 12.4. The second-order valence-corrected chi connectivity index (χ2v) is 4.40. The van der Waals surface area contributed by atoms with Crippen molar-refractivity contribution in [2.75, 3.05) is 33.0 Å². The maximum atomic E-state index is 8.51. The van der Waals surface area contributed by atoms with Crippen LogP contribution in [0.4, 0.5) is 0 Å². The van der Waals surface area contributed by atoms with Crippen LogP contribution in [0.5, 0.6) is 0 Å². The van der Waals surface area contributed by atoms with E-state index in [1.807, 2.05) is 18.2 Å². The standard InChI is InChI=1S/C15H23N3O3/c16-7-3-11-19-10-2-1-6-15(21-13-5-9-18)14-20-12-4-8-17/h15H,1-6,10-14H2. The predicted molar refractivity (Wildman–Crippen MR) is 75.9 cm³/mol. The summed E-state index contributed by atoms with van der Waals surface area (Å²) in [4.78, 5) is 0.